The van der Waals surface area contributed by atoms with Gasteiger partial charge in [-0.15, -0.1) is 13.2 Å². The minimum Gasteiger partial charge on any atom is -0.331 e. The number of hydrogen-bond donors (Lipinski definition) is 1. The third kappa shape index (κ3) is 3.25. The van der Waals surface area contributed by atoms with Crippen LogP contribution in [-0.2, 0) is 4.79 Å². The van der Waals surface area contributed by atoms with Gasteiger partial charge in [-0.3, -0.25) is 14.6 Å². The molecule has 1 N–H and O–H groups in total. The molecule has 1 aliphatic heterocycles. The summed E-state index contributed by atoms with van der Waals surface area (Å²) in [5.74, 6) is 0.136. The number of rotatable bonds is 6. The van der Waals surface area contributed by atoms with E-state index in [1.807, 2.05) is 6.07 Å². The molecule has 0 aromatic heterocycles. The van der Waals surface area contributed by atoms with Gasteiger partial charge in [0, 0.05) is 18.7 Å². The molecule has 2 rings (SSSR count). The van der Waals surface area contributed by atoms with Crippen LogP contribution in [0.15, 0.2) is 54.6 Å². The standard InChI is InChI=1S/C16H17N3O2/c1-3-9-19(10-4-2)16(21)13-8-6-5-7-12(13)15-17-11-14(20)18-15/h3-8H,1-2,9-11H2,(H,17,18,20). The van der Waals surface area contributed by atoms with Crippen LogP contribution < -0.4 is 5.32 Å². The van der Waals surface area contributed by atoms with E-state index in [9.17, 15) is 9.59 Å². The highest BCUT2D eigenvalue weighted by Gasteiger charge is 2.22. The summed E-state index contributed by atoms with van der Waals surface area (Å²) >= 11 is 0. The van der Waals surface area contributed by atoms with Gasteiger partial charge in [0.2, 0.25) is 5.91 Å². The molecule has 5 nitrogen and oxygen atoms in total. The number of benzene rings is 1. The third-order valence-corrected chi connectivity index (χ3v) is 3.04. The second-order valence-electron chi connectivity index (χ2n) is 4.55. The Morgan fingerprint density at radius 3 is 2.52 bits per heavy atom. The molecule has 2 amide bonds. The van der Waals surface area contributed by atoms with E-state index in [0.717, 1.165) is 0 Å². The van der Waals surface area contributed by atoms with Gasteiger partial charge in [-0.2, -0.15) is 0 Å². The number of carbonyl (C=O) groups is 2. The molecule has 0 unspecified atom stereocenters. The van der Waals surface area contributed by atoms with Crippen molar-refractivity contribution in [2.45, 2.75) is 0 Å². The number of amidine groups is 1. The maximum Gasteiger partial charge on any atom is 0.255 e. The Labute approximate surface area is 123 Å². The van der Waals surface area contributed by atoms with E-state index < -0.39 is 0 Å². The van der Waals surface area contributed by atoms with E-state index in [0.29, 0.717) is 30.1 Å². The van der Waals surface area contributed by atoms with Crippen LogP contribution in [0, 0.1) is 0 Å². The van der Waals surface area contributed by atoms with Gasteiger partial charge >= 0.3 is 0 Å². The molecule has 0 aliphatic carbocycles. The molecule has 0 atom stereocenters. The van der Waals surface area contributed by atoms with Gasteiger partial charge in [-0.25, -0.2) is 0 Å². The van der Waals surface area contributed by atoms with Crippen molar-refractivity contribution >= 4 is 17.6 Å². The molecule has 21 heavy (non-hydrogen) atoms. The first-order valence-electron chi connectivity index (χ1n) is 6.62. The molecule has 0 spiro atoms. The van der Waals surface area contributed by atoms with Crippen molar-refractivity contribution in [2.24, 2.45) is 4.99 Å². The number of aliphatic imine (C=N–C) groups is 1. The predicted octanol–water partition coefficient (Wildman–Crippen LogP) is 1.38. The maximum atomic E-state index is 12.6. The van der Waals surface area contributed by atoms with E-state index in [1.54, 1.807) is 35.3 Å². The summed E-state index contributed by atoms with van der Waals surface area (Å²) in [5, 5.41) is 2.67. The highest BCUT2D eigenvalue weighted by Crippen LogP contribution is 2.14. The molecular weight excluding hydrogens is 266 g/mol. The lowest BCUT2D eigenvalue weighted by molar-refractivity contribution is -0.117. The molecule has 0 saturated heterocycles. The van der Waals surface area contributed by atoms with Gasteiger partial charge in [0.25, 0.3) is 5.91 Å². The first kappa shape index (κ1) is 14.7. The summed E-state index contributed by atoms with van der Waals surface area (Å²) in [6.45, 7) is 8.27. The van der Waals surface area contributed by atoms with Crippen LogP contribution in [0.3, 0.4) is 0 Å². The number of amides is 2. The molecular formula is C16H17N3O2. The quantitative estimate of drug-likeness (QED) is 0.802. The van der Waals surface area contributed by atoms with E-state index in [4.69, 9.17) is 0 Å². The van der Waals surface area contributed by atoms with Crippen LogP contribution in [0.25, 0.3) is 0 Å². The fraction of sp³-hybridized carbons (Fsp3) is 0.188. The molecule has 1 heterocycles. The summed E-state index contributed by atoms with van der Waals surface area (Å²) in [5.41, 5.74) is 1.13. The predicted molar refractivity (Wildman–Crippen MR) is 82.3 cm³/mol. The highest BCUT2D eigenvalue weighted by molar-refractivity contribution is 6.16. The fourth-order valence-electron chi connectivity index (χ4n) is 2.11. The van der Waals surface area contributed by atoms with Crippen molar-refractivity contribution in [1.29, 1.82) is 0 Å². The van der Waals surface area contributed by atoms with Crippen molar-refractivity contribution in [3.8, 4) is 0 Å². The van der Waals surface area contributed by atoms with Crippen molar-refractivity contribution in [2.75, 3.05) is 19.6 Å². The summed E-state index contributed by atoms with van der Waals surface area (Å²) in [6.07, 6.45) is 3.33. The van der Waals surface area contributed by atoms with Crippen molar-refractivity contribution in [1.82, 2.24) is 10.2 Å². The van der Waals surface area contributed by atoms with E-state index in [1.165, 1.54) is 0 Å². The topological polar surface area (TPSA) is 61.8 Å². The summed E-state index contributed by atoms with van der Waals surface area (Å²) in [4.78, 5) is 29.7. The van der Waals surface area contributed by atoms with Crippen molar-refractivity contribution < 1.29 is 9.59 Å². The maximum absolute atomic E-state index is 12.6. The van der Waals surface area contributed by atoms with Gasteiger partial charge < -0.3 is 10.2 Å². The molecule has 5 heteroatoms. The number of nitrogens with one attached hydrogen (secondary N) is 1. The lowest BCUT2D eigenvalue weighted by atomic mass is 10.1. The molecule has 1 aromatic rings. The van der Waals surface area contributed by atoms with Gasteiger partial charge in [-0.05, 0) is 6.07 Å². The SMILES string of the molecule is C=CCN(CC=C)C(=O)c1ccccc1C1=NCC(=O)N1. The van der Waals surface area contributed by atoms with Crippen LogP contribution in [0.4, 0.5) is 0 Å². The Morgan fingerprint density at radius 2 is 1.95 bits per heavy atom. The minimum absolute atomic E-state index is 0.0981. The normalized spacial score (nSPS) is 13.3. The van der Waals surface area contributed by atoms with Crippen molar-refractivity contribution in [3.05, 3.63) is 60.7 Å². The first-order valence-corrected chi connectivity index (χ1v) is 6.62. The molecule has 108 valence electrons. The number of hydrogen-bond acceptors (Lipinski definition) is 3. The molecule has 0 bridgehead atoms. The zero-order valence-electron chi connectivity index (χ0n) is 11.7. The molecule has 1 aromatic carbocycles. The summed E-state index contributed by atoms with van der Waals surface area (Å²) in [7, 11) is 0. The van der Waals surface area contributed by atoms with E-state index in [-0.39, 0.29) is 18.4 Å². The molecule has 0 saturated carbocycles. The lowest BCUT2D eigenvalue weighted by Crippen LogP contribution is -2.34. The molecule has 0 radical (unpaired) electrons. The van der Waals surface area contributed by atoms with E-state index >= 15 is 0 Å². The van der Waals surface area contributed by atoms with Gasteiger partial charge in [0.15, 0.2) is 0 Å². The zero-order chi connectivity index (χ0) is 15.2. The molecule has 0 fully saturated rings. The smallest absolute Gasteiger partial charge is 0.255 e. The van der Waals surface area contributed by atoms with Crippen LogP contribution in [0.2, 0.25) is 0 Å². The Kier molecular flexibility index (Phi) is 4.66. The Bertz CT molecular complexity index is 610. The van der Waals surface area contributed by atoms with Crippen LogP contribution in [0.5, 0.6) is 0 Å². The van der Waals surface area contributed by atoms with E-state index in [2.05, 4.69) is 23.5 Å². The second kappa shape index (κ2) is 6.65. The van der Waals surface area contributed by atoms with Gasteiger partial charge in [0.05, 0.1) is 5.56 Å². The van der Waals surface area contributed by atoms with Crippen molar-refractivity contribution in [3.63, 3.8) is 0 Å². The monoisotopic (exact) mass is 283 g/mol. The zero-order valence-corrected chi connectivity index (χ0v) is 11.7. The van der Waals surface area contributed by atoms with Gasteiger partial charge in [0.1, 0.15) is 12.4 Å². The lowest BCUT2D eigenvalue weighted by Gasteiger charge is -2.20. The van der Waals surface area contributed by atoms with Crippen LogP contribution in [0.1, 0.15) is 15.9 Å². The van der Waals surface area contributed by atoms with Crippen LogP contribution >= 0.6 is 0 Å². The average molecular weight is 283 g/mol. The average Bonchev–Trinajstić information content (AvgIpc) is 2.93. The Hall–Kier alpha value is -2.69. The summed E-state index contributed by atoms with van der Waals surface area (Å²) in [6, 6.07) is 7.10. The second-order valence-corrected chi connectivity index (χ2v) is 4.55. The molecule has 1 aliphatic rings. The minimum atomic E-state index is -0.165. The fourth-order valence-corrected chi connectivity index (χ4v) is 2.11. The third-order valence-electron chi connectivity index (χ3n) is 3.04. The number of carbonyl (C=O) groups excluding carboxylic acids is 2. The van der Waals surface area contributed by atoms with Crippen LogP contribution in [-0.4, -0.2) is 42.2 Å². The highest BCUT2D eigenvalue weighted by atomic mass is 16.2. The number of nitrogens with zero attached hydrogens (tertiary/aromatic N) is 2. The summed E-state index contributed by atoms with van der Waals surface area (Å²) < 4.78 is 0. The van der Waals surface area contributed by atoms with Gasteiger partial charge in [-0.1, -0.05) is 30.4 Å². The Balaban J connectivity index is 2.34. The first-order chi connectivity index (χ1) is 10.2. The Morgan fingerprint density at radius 1 is 1.29 bits per heavy atom. The largest absolute Gasteiger partial charge is 0.331 e.